The Morgan fingerprint density at radius 2 is 1.73 bits per heavy atom. The van der Waals surface area contributed by atoms with Gasteiger partial charge < -0.3 is 14.8 Å². The maximum absolute atomic E-state index is 12.9. The van der Waals surface area contributed by atoms with E-state index in [0.717, 1.165) is 37.8 Å². The molecule has 0 spiro atoms. The number of thioether (sulfide) groups is 1. The predicted octanol–water partition coefficient (Wildman–Crippen LogP) is 6.33. The van der Waals surface area contributed by atoms with Crippen molar-refractivity contribution < 1.29 is 23.9 Å². The number of carbonyl (C=O) groups excluding carboxylic acids is 3. The molecule has 1 fully saturated rings. The van der Waals surface area contributed by atoms with Crippen LogP contribution in [0.3, 0.4) is 0 Å². The molecule has 0 bridgehead atoms. The van der Waals surface area contributed by atoms with Crippen LogP contribution in [0.5, 0.6) is 11.5 Å². The molecule has 1 saturated heterocycles. The zero-order valence-corrected chi connectivity index (χ0v) is 22.9. The average molecular weight is 581 g/mol. The van der Waals surface area contributed by atoms with Crippen LogP contribution in [0.25, 0.3) is 6.08 Å². The third-order valence-electron chi connectivity index (χ3n) is 5.71. The zero-order valence-electron chi connectivity index (χ0n) is 20.5. The number of nitrogens with zero attached hydrogens (tertiary/aromatic N) is 1. The van der Waals surface area contributed by atoms with Gasteiger partial charge in [0.25, 0.3) is 11.1 Å². The summed E-state index contributed by atoms with van der Waals surface area (Å²) in [5, 5.41) is 2.32. The number of amides is 3. The molecular formula is C28H25BrN2O5S. The summed E-state index contributed by atoms with van der Waals surface area (Å²) in [6.07, 6.45) is 1.61. The summed E-state index contributed by atoms with van der Waals surface area (Å²) in [4.78, 5) is 39.2. The monoisotopic (exact) mass is 580 g/mol. The maximum atomic E-state index is 12.9. The number of anilines is 1. The van der Waals surface area contributed by atoms with Gasteiger partial charge >= 0.3 is 0 Å². The molecule has 1 aliphatic rings. The number of imide groups is 1. The number of hydrogen-bond donors (Lipinski definition) is 1. The number of nitrogens with one attached hydrogen (secondary N) is 1. The third kappa shape index (κ3) is 6.42. The quantitative estimate of drug-likeness (QED) is 0.313. The van der Waals surface area contributed by atoms with Gasteiger partial charge in [-0.15, -0.1) is 0 Å². The molecule has 1 N–H and O–H groups in total. The Balaban J connectivity index is 1.43. The van der Waals surface area contributed by atoms with E-state index < -0.39 is 17.1 Å². The Kier molecular flexibility index (Phi) is 8.35. The molecular weight excluding hydrogens is 556 g/mol. The molecule has 7 nitrogen and oxygen atoms in total. The molecule has 0 radical (unpaired) electrons. The van der Waals surface area contributed by atoms with Gasteiger partial charge in [0.15, 0.2) is 11.5 Å². The van der Waals surface area contributed by atoms with E-state index in [1.807, 2.05) is 56.3 Å². The Morgan fingerprint density at radius 3 is 2.41 bits per heavy atom. The number of aryl methyl sites for hydroxylation is 2. The lowest BCUT2D eigenvalue weighted by atomic mass is 10.1. The maximum Gasteiger partial charge on any atom is 0.294 e. The van der Waals surface area contributed by atoms with Crippen LogP contribution >= 0.6 is 27.7 Å². The van der Waals surface area contributed by atoms with E-state index in [1.54, 1.807) is 24.3 Å². The summed E-state index contributed by atoms with van der Waals surface area (Å²) >= 11 is 4.21. The summed E-state index contributed by atoms with van der Waals surface area (Å²) in [5.41, 5.74) is 4.16. The van der Waals surface area contributed by atoms with Crippen LogP contribution in [-0.2, 0) is 16.2 Å². The van der Waals surface area contributed by atoms with Crippen molar-refractivity contribution in [1.82, 2.24) is 4.90 Å². The SMILES string of the molecule is COc1cc(/C=C2\SC(=O)N(CC(=O)Nc3c(C)cccc3C)C2=O)ccc1OCc1ccc(Br)cc1. The largest absolute Gasteiger partial charge is 0.493 e. The number of benzene rings is 3. The standard InChI is InChI=1S/C28H25BrN2O5S/c1-17-5-4-6-18(2)26(17)30-25(32)15-31-27(33)24(37-28(31)34)14-20-9-12-22(23(13-20)35-3)36-16-19-7-10-21(29)11-8-19/h4-14H,15-16H2,1-3H3,(H,30,32)/b24-14-. The Hall–Kier alpha value is -3.56. The first-order valence-electron chi connectivity index (χ1n) is 11.4. The fraction of sp³-hybridized carbons (Fsp3) is 0.179. The van der Waals surface area contributed by atoms with Gasteiger partial charge in [0.2, 0.25) is 5.91 Å². The normalized spacial score (nSPS) is 14.3. The Bertz CT molecular complexity index is 1370. The van der Waals surface area contributed by atoms with E-state index in [9.17, 15) is 14.4 Å². The Morgan fingerprint density at radius 1 is 1.03 bits per heavy atom. The number of carbonyl (C=O) groups is 3. The van der Waals surface area contributed by atoms with Gasteiger partial charge in [0, 0.05) is 10.2 Å². The van der Waals surface area contributed by atoms with E-state index in [2.05, 4.69) is 21.2 Å². The van der Waals surface area contributed by atoms with Crippen molar-refractivity contribution in [2.45, 2.75) is 20.5 Å². The number of halogens is 1. The molecule has 0 saturated carbocycles. The van der Waals surface area contributed by atoms with Crippen LogP contribution in [-0.4, -0.2) is 35.6 Å². The highest BCUT2D eigenvalue weighted by molar-refractivity contribution is 9.10. The van der Waals surface area contributed by atoms with E-state index in [1.165, 1.54) is 7.11 Å². The van der Waals surface area contributed by atoms with Crippen LogP contribution in [0.4, 0.5) is 10.5 Å². The van der Waals surface area contributed by atoms with E-state index in [-0.39, 0.29) is 11.4 Å². The second kappa shape index (κ2) is 11.7. The lowest BCUT2D eigenvalue weighted by Crippen LogP contribution is -2.36. The van der Waals surface area contributed by atoms with Crippen molar-refractivity contribution >= 4 is 56.5 Å². The van der Waals surface area contributed by atoms with Crippen molar-refractivity contribution in [2.75, 3.05) is 19.0 Å². The fourth-order valence-corrected chi connectivity index (χ4v) is 4.86. The average Bonchev–Trinajstić information content (AvgIpc) is 3.13. The van der Waals surface area contributed by atoms with E-state index >= 15 is 0 Å². The first kappa shape index (κ1) is 26.5. The molecule has 0 unspecified atom stereocenters. The molecule has 1 heterocycles. The number of methoxy groups -OCH3 is 1. The minimum Gasteiger partial charge on any atom is -0.493 e. The van der Waals surface area contributed by atoms with Crippen LogP contribution in [0, 0.1) is 13.8 Å². The molecule has 9 heteroatoms. The molecule has 190 valence electrons. The molecule has 0 aliphatic carbocycles. The molecule has 3 aromatic carbocycles. The second-order valence-electron chi connectivity index (χ2n) is 8.41. The summed E-state index contributed by atoms with van der Waals surface area (Å²) in [6.45, 7) is 3.78. The van der Waals surface area contributed by atoms with Gasteiger partial charge in [-0.05, 0) is 78.2 Å². The van der Waals surface area contributed by atoms with Crippen LogP contribution < -0.4 is 14.8 Å². The molecule has 0 atom stereocenters. The predicted molar refractivity (Wildman–Crippen MR) is 149 cm³/mol. The number of rotatable bonds is 8. The Labute approximate surface area is 228 Å². The van der Waals surface area contributed by atoms with Gasteiger partial charge in [0.1, 0.15) is 13.2 Å². The van der Waals surface area contributed by atoms with E-state index in [4.69, 9.17) is 9.47 Å². The molecule has 1 aliphatic heterocycles. The van der Waals surface area contributed by atoms with Crippen molar-refractivity contribution in [2.24, 2.45) is 0 Å². The molecule has 4 rings (SSSR count). The van der Waals surface area contributed by atoms with Crippen LogP contribution in [0.2, 0.25) is 0 Å². The topological polar surface area (TPSA) is 84.9 Å². The summed E-state index contributed by atoms with van der Waals surface area (Å²) in [5.74, 6) is 0.105. The number of para-hydroxylation sites is 1. The van der Waals surface area contributed by atoms with Crippen molar-refractivity contribution in [3.8, 4) is 11.5 Å². The first-order valence-corrected chi connectivity index (χ1v) is 13.0. The van der Waals surface area contributed by atoms with Gasteiger partial charge in [-0.2, -0.15) is 0 Å². The number of hydrogen-bond acceptors (Lipinski definition) is 6. The molecule has 0 aromatic heterocycles. The zero-order chi connectivity index (χ0) is 26.5. The third-order valence-corrected chi connectivity index (χ3v) is 7.15. The molecule has 3 aromatic rings. The smallest absolute Gasteiger partial charge is 0.294 e. The molecule has 37 heavy (non-hydrogen) atoms. The lowest BCUT2D eigenvalue weighted by Gasteiger charge is -2.15. The van der Waals surface area contributed by atoms with Gasteiger partial charge in [-0.3, -0.25) is 19.3 Å². The first-order chi connectivity index (χ1) is 17.7. The van der Waals surface area contributed by atoms with Gasteiger partial charge in [-0.1, -0.05) is 52.3 Å². The minimum absolute atomic E-state index is 0.232. The summed E-state index contributed by atoms with van der Waals surface area (Å²) in [7, 11) is 1.54. The van der Waals surface area contributed by atoms with E-state index in [0.29, 0.717) is 29.4 Å². The highest BCUT2D eigenvalue weighted by Gasteiger charge is 2.36. The number of ether oxygens (including phenoxy) is 2. The minimum atomic E-state index is -0.513. The van der Waals surface area contributed by atoms with Crippen LogP contribution in [0.1, 0.15) is 22.3 Å². The summed E-state index contributed by atoms with van der Waals surface area (Å²) < 4.78 is 12.4. The van der Waals surface area contributed by atoms with Gasteiger partial charge in [0.05, 0.1) is 12.0 Å². The van der Waals surface area contributed by atoms with Crippen molar-refractivity contribution in [3.05, 3.63) is 92.3 Å². The van der Waals surface area contributed by atoms with Crippen LogP contribution in [0.15, 0.2) is 70.0 Å². The summed E-state index contributed by atoms with van der Waals surface area (Å²) in [6, 6.07) is 18.8. The van der Waals surface area contributed by atoms with Crippen molar-refractivity contribution in [1.29, 1.82) is 0 Å². The lowest BCUT2D eigenvalue weighted by molar-refractivity contribution is -0.127. The van der Waals surface area contributed by atoms with Crippen molar-refractivity contribution in [3.63, 3.8) is 0 Å². The highest BCUT2D eigenvalue weighted by atomic mass is 79.9. The fourth-order valence-electron chi connectivity index (χ4n) is 3.76. The van der Waals surface area contributed by atoms with Gasteiger partial charge in [-0.25, -0.2) is 0 Å². The second-order valence-corrected chi connectivity index (χ2v) is 10.3. The molecule has 3 amide bonds. The highest BCUT2D eigenvalue weighted by Crippen LogP contribution is 2.35.